The highest BCUT2D eigenvalue weighted by Crippen LogP contribution is 2.30. The van der Waals surface area contributed by atoms with Crippen LogP contribution in [0.3, 0.4) is 0 Å². The molecule has 2 unspecified atom stereocenters. The third-order valence-electron chi connectivity index (χ3n) is 4.72. The van der Waals surface area contributed by atoms with Crippen LogP contribution in [0.15, 0.2) is 18.2 Å². The van der Waals surface area contributed by atoms with Crippen LogP contribution in [0.25, 0.3) is 0 Å². The molecule has 0 saturated carbocycles. The maximum atomic E-state index is 14.0. The standard InChI is InChI=1S/C16H21FN2O2/c1-19(12-7-10-3-4-11(8-12)18-10)16(20)14-6-5-13(21-2)9-15(14)17/h5-6,9-12,18H,3-4,7-8H2,1-2H3. The number of hydrogen-bond donors (Lipinski definition) is 1. The second-order valence-electron chi connectivity index (χ2n) is 6.02. The Kier molecular flexibility index (Phi) is 3.85. The van der Waals surface area contributed by atoms with E-state index in [2.05, 4.69) is 5.32 Å². The van der Waals surface area contributed by atoms with Crippen LogP contribution in [0.5, 0.6) is 5.75 Å². The largest absolute Gasteiger partial charge is 0.497 e. The van der Waals surface area contributed by atoms with Gasteiger partial charge in [0.25, 0.3) is 5.91 Å². The Bertz CT molecular complexity index is 537. The maximum absolute atomic E-state index is 14.0. The summed E-state index contributed by atoms with van der Waals surface area (Å²) in [5.41, 5.74) is 0.115. The Morgan fingerprint density at radius 3 is 2.57 bits per heavy atom. The summed E-state index contributed by atoms with van der Waals surface area (Å²) < 4.78 is 19.0. The first-order chi connectivity index (χ1) is 10.1. The second-order valence-corrected chi connectivity index (χ2v) is 6.02. The van der Waals surface area contributed by atoms with E-state index >= 15 is 0 Å². The van der Waals surface area contributed by atoms with E-state index in [1.165, 1.54) is 32.1 Å². The van der Waals surface area contributed by atoms with Crippen LogP contribution in [0, 0.1) is 5.82 Å². The van der Waals surface area contributed by atoms with Crippen LogP contribution >= 0.6 is 0 Å². The van der Waals surface area contributed by atoms with Gasteiger partial charge in [0.05, 0.1) is 12.7 Å². The SMILES string of the molecule is COc1ccc(C(=O)N(C)C2CC3CCC(C2)N3)c(F)c1. The molecule has 0 aliphatic carbocycles. The molecule has 0 aromatic heterocycles. The van der Waals surface area contributed by atoms with Gasteiger partial charge in [0, 0.05) is 31.2 Å². The Morgan fingerprint density at radius 1 is 1.33 bits per heavy atom. The molecule has 2 bridgehead atoms. The van der Waals surface area contributed by atoms with Gasteiger partial charge in [0.15, 0.2) is 0 Å². The van der Waals surface area contributed by atoms with Crippen molar-refractivity contribution in [3.05, 3.63) is 29.6 Å². The van der Waals surface area contributed by atoms with Crippen LogP contribution in [-0.2, 0) is 0 Å². The summed E-state index contributed by atoms with van der Waals surface area (Å²) in [6.07, 6.45) is 4.27. The molecule has 21 heavy (non-hydrogen) atoms. The number of halogens is 1. The van der Waals surface area contributed by atoms with Gasteiger partial charge in [-0.2, -0.15) is 0 Å². The molecule has 2 aliphatic rings. The number of fused-ring (bicyclic) bond motifs is 2. The van der Waals surface area contributed by atoms with Crippen LogP contribution in [0.4, 0.5) is 4.39 Å². The number of methoxy groups -OCH3 is 1. The fourth-order valence-corrected chi connectivity index (χ4v) is 3.50. The maximum Gasteiger partial charge on any atom is 0.256 e. The molecule has 5 heteroatoms. The van der Waals surface area contributed by atoms with Gasteiger partial charge in [-0.05, 0) is 37.8 Å². The summed E-state index contributed by atoms with van der Waals surface area (Å²) in [5, 5.41) is 3.55. The van der Waals surface area contributed by atoms with E-state index in [0.717, 1.165) is 12.8 Å². The van der Waals surface area contributed by atoms with E-state index in [-0.39, 0.29) is 17.5 Å². The molecular formula is C16H21FN2O2. The van der Waals surface area contributed by atoms with Gasteiger partial charge in [-0.15, -0.1) is 0 Å². The summed E-state index contributed by atoms with van der Waals surface area (Å²) in [4.78, 5) is 14.2. The lowest BCUT2D eigenvalue weighted by Gasteiger charge is -2.35. The first-order valence-corrected chi connectivity index (χ1v) is 7.45. The van der Waals surface area contributed by atoms with E-state index in [9.17, 15) is 9.18 Å². The Labute approximate surface area is 124 Å². The average Bonchev–Trinajstić information content (AvgIpc) is 2.84. The molecule has 1 N–H and O–H groups in total. The van der Waals surface area contributed by atoms with E-state index in [0.29, 0.717) is 17.8 Å². The number of carbonyl (C=O) groups excluding carboxylic acids is 1. The average molecular weight is 292 g/mol. The van der Waals surface area contributed by atoms with Gasteiger partial charge in [0.2, 0.25) is 0 Å². The van der Waals surface area contributed by atoms with Crippen molar-refractivity contribution in [2.75, 3.05) is 14.2 Å². The normalized spacial score (nSPS) is 27.5. The monoisotopic (exact) mass is 292 g/mol. The fourth-order valence-electron chi connectivity index (χ4n) is 3.50. The number of nitrogens with one attached hydrogen (secondary N) is 1. The summed E-state index contributed by atoms with van der Waals surface area (Å²) in [7, 11) is 3.26. The Balaban J connectivity index is 1.75. The third kappa shape index (κ3) is 2.75. The van der Waals surface area contributed by atoms with Crippen molar-refractivity contribution in [1.82, 2.24) is 10.2 Å². The van der Waals surface area contributed by atoms with E-state index in [4.69, 9.17) is 4.74 Å². The van der Waals surface area contributed by atoms with Crippen molar-refractivity contribution in [2.45, 2.75) is 43.8 Å². The van der Waals surface area contributed by atoms with E-state index in [1.54, 1.807) is 18.0 Å². The first kappa shape index (κ1) is 14.3. The zero-order chi connectivity index (χ0) is 15.0. The van der Waals surface area contributed by atoms with Crippen LogP contribution in [0.2, 0.25) is 0 Å². The van der Waals surface area contributed by atoms with Crippen molar-refractivity contribution in [1.29, 1.82) is 0 Å². The van der Waals surface area contributed by atoms with Gasteiger partial charge in [-0.25, -0.2) is 4.39 Å². The minimum atomic E-state index is -0.525. The molecule has 2 heterocycles. The predicted molar refractivity (Wildman–Crippen MR) is 78.0 cm³/mol. The Hall–Kier alpha value is -1.62. The first-order valence-electron chi connectivity index (χ1n) is 7.45. The Morgan fingerprint density at radius 2 is 2.00 bits per heavy atom. The lowest BCUT2D eigenvalue weighted by Crippen LogP contribution is -2.48. The zero-order valence-corrected chi connectivity index (χ0v) is 12.4. The molecule has 1 aromatic carbocycles. The number of amides is 1. The van der Waals surface area contributed by atoms with Gasteiger partial charge >= 0.3 is 0 Å². The summed E-state index contributed by atoms with van der Waals surface area (Å²) in [5.74, 6) is -0.351. The van der Waals surface area contributed by atoms with Crippen LogP contribution in [0.1, 0.15) is 36.0 Å². The molecule has 2 atom stereocenters. The van der Waals surface area contributed by atoms with E-state index in [1.807, 2.05) is 0 Å². The molecule has 0 radical (unpaired) electrons. The molecule has 114 valence electrons. The summed E-state index contributed by atoms with van der Waals surface area (Å²) >= 11 is 0. The van der Waals surface area contributed by atoms with Gasteiger partial charge < -0.3 is 15.0 Å². The number of rotatable bonds is 3. The smallest absolute Gasteiger partial charge is 0.256 e. The summed E-state index contributed by atoms with van der Waals surface area (Å²) in [6.45, 7) is 0. The number of carbonyl (C=O) groups is 1. The van der Waals surface area contributed by atoms with Crippen molar-refractivity contribution in [3.8, 4) is 5.75 Å². The lowest BCUT2D eigenvalue weighted by atomic mass is 9.98. The van der Waals surface area contributed by atoms with Gasteiger partial charge in [0.1, 0.15) is 11.6 Å². The molecule has 4 nitrogen and oxygen atoms in total. The second kappa shape index (κ2) is 5.64. The molecule has 1 aromatic rings. The topological polar surface area (TPSA) is 41.6 Å². The molecular weight excluding hydrogens is 271 g/mol. The number of piperidine rings is 1. The van der Waals surface area contributed by atoms with Gasteiger partial charge in [-0.3, -0.25) is 4.79 Å². The van der Waals surface area contributed by atoms with Crippen LogP contribution < -0.4 is 10.1 Å². The van der Waals surface area contributed by atoms with E-state index < -0.39 is 5.82 Å². The minimum absolute atomic E-state index is 0.115. The number of ether oxygens (including phenoxy) is 1. The molecule has 3 rings (SSSR count). The minimum Gasteiger partial charge on any atom is -0.497 e. The third-order valence-corrected chi connectivity index (χ3v) is 4.72. The highest BCUT2D eigenvalue weighted by Gasteiger charge is 2.36. The molecule has 0 spiro atoms. The molecule has 1 amide bonds. The lowest BCUT2D eigenvalue weighted by molar-refractivity contribution is 0.0677. The quantitative estimate of drug-likeness (QED) is 0.928. The molecule has 2 aliphatic heterocycles. The highest BCUT2D eigenvalue weighted by atomic mass is 19.1. The van der Waals surface area contributed by atoms with Crippen molar-refractivity contribution < 1.29 is 13.9 Å². The highest BCUT2D eigenvalue weighted by molar-refractivity contribution is 5.94. The van der Waals surface area contributed by atoms with Crippen molar-refractivity contribution >= 4 is 5.91 Å². The summed E-state index contributed by atoms with van der Waals surface area (Å²) in [6, 6.07) is 5.58. The predicted octanol–water partition coefficient (Wildman–Crippen LogP) is 2.19. The molecule has 2 fully saturated rings. The zero-order valence-electron chi connectivity index (χ0n) is 12.4. The number of benzene rings is 1. The van der Waals surface area contributed by atoms with Crippen molar-refractivity contribution in [3.63, 3.8) is 0 Å². The number of hydrogen-bond acceptors (Lipinski definition) is 3. The molecule has 2 saturated heterocycles. The van der Waals surface area contributed by atoms with Crippen molar-refractivity contribution in [2.24, 2.45) is 0 Å². The van der Waals surface area contributed by atoms with Gasteiger partial charge in [-0.1, -0.05) is 0 Å². The fraction of sp³-hybridized carbons (Fsp3) is 0.562. The van der Waals surface area contributed by atoms with Crippen LogP contribution in [-0.4, -0.2) is 43.1 Å². The number of nitrogens with zero attached hydrogens (tertiary/aromatic N) is 1.